The van der Waals surface area contributed by atoms with Gasteiger partial charge in [-0.25, -0.2) is 4.79 Å². The number of fused-ring (bicyclic) bond motifs is 3. The number of aromatic nitrogens is 1. The highest BCUT2D eigenvalue weighted by Crippen LogP contribution is 2.38. The molecule has 1 aliphatic carbocycles. The second kappa shape index (κ2) is 7.26. The molecule has 0 radical (unpaired) electrons. The lowest BCUT2D eigenvalue weighted by molar-refractivity contribution is 0.0680. The van der Waals surface area contributed by atoms with Gasteiger partial charge in [-0.2, -0.15) is 0 Å². The number of carboxylic acids is 1. The summed E-state index contributed by atoms with van der Waals surface area (Å²) < 4.78 is 1.34. The molecule has 0 unspecified atom stereocenters. The summed E-state index contributed by atoms with van der Waals surface area (Å²) in [4.78, 5) is 38.4. The van der Waals surface area contributed by atoms with E-state index in [1.54, 1.807) is 7.05 Å². The lowest BCUT2D eigenvalue weighted by atomic mass is 9.94. The van der Waals surface area contributed by atoms with Gasteiger partial charge in [-0.05, 0) is 35.1 Å². The molecule has 5 rings (SSSR count). The molecule has 1 aromatic heterocycles. The van der Waals surface area contributed by atoms with Crippen LogP contribution in [0.1, 0.15) is 49.1 Å². The van der Waals surface area contributed by atoms with Gasteiger partial charge in [0.2, 0.25) is 5.43 Å². The van der Waals surface area contributed by atoms with E-state index in [0.717, 1.165) is 41.3 Å². The van der Waals surface area contributed by atoms with E-state index in [1.165, 1.54) is 9.58 Å². The number of carbonyl (C=O) groups excluding carboxylic acids is 1. The first-order valence-corrected chi connectivity index (χ1v) is 10.3. The minimum atomic E-state index is -1.46. The molecule has 8 heteroatoms. The Morgan fingerprint density at radius 2 is 1.53 bits per heavy atom. The van der Waals surface area contributed by atoms with E-state index < -0.39 is 28.6 Å². The molecule has 2 N–H and O–H groups in total. The summed E-state index contributed by atoms with van der Waals surface area (Å²) in [5, 5.41) is 21.9. The van der Waals surface area contributed by atoms with Gasteiger partial charge in [0.1, 0.15) is 12.2 Å². The molecule has 2 aliphatic rings. The van der Waals surface area contributed by atoms with Gasteiger partial charge in [-0.1, -0.05) is 48.5 Å². The topological polar surface area (TPSA) is 103 Å². The Labute approximate surface area is 183 Å². The standard InChI is InChI=1S/C24H21N3O5/c1-25-13-27(26-12-18(24(31)32)21(28)22(29)20(26)23(25)30)19-16-8-4-2-6-14(16)10-11-15-7-3-5-9-17(15)19/h2-9,12,19,29H,10-11,13H2,1H3,(H,31,32). The highest BCUT2D eigenvalue weighted by molar-refractivity contribution is 5.97. The first-order valence-electron chi connectivity index (χ1n) is 10.3. The number of benzene rings is 2. The fraction of sp³-hybridized carbons (Fsp3) is 0.208. The molecule has 162 valence electrons. The predicted molar refractivity (Wildman–Crippen MR) is 117 cm³/mol. The Morgan fingerprint density at radius 3 is 2.09 bits per heavy atom. The summed E-state index contributed by atoms with van der Waals surface area (Å²) >= 11 is 0. The Kier molecular flexibility index (Phi) is 4.51. The van der Waals surface area contributed by atoms with Crippen molar-refractivity contribution < 1.29 is 19.8 Å². The van der Waals surface area contributed by atoms with Crippen LogP contribution < -0.4 is 10.4 Å². The Bertz CT molecular complexity index is 1280. The van der Waals surface area contributed by atoms with Gasteiger partial charge in [0.25, 0.3) is 5.91 Å². The molecular formula is C24H21N3O5. The predicted octanol–water partition coefficient (Wildman–Crippen LogP) is 2.12. The lowest BCUT2D eigenvalue weighted by Gasteiger charge is -2.43. The minimum Gasteiger partial charge on any atom is -0.502 e. The SMILES string of the molecule is CN1CN(C2c3ccccc3CCc3ccccc32)n2cc(C(=O)O)c(=O)c(O)c2C1=O. The number of hydrogen-bond acceptors (Lipinski definition) is 5. The maximum absolute atomic E-state index is 12.9. The third kappa shape index (κ3) is 2.87. The quantitative estimate of drug-likeness (QED) is 0.644. The second-order valence-corrected chi connectivity index (χ2v) is 8.10. The molecule has 0 fully saturated rings. The summed E-state index contributed by atoms with van der Waals surface area (Å²) in [6.07, 6.45) is 2.82. The van der Waals surface area contributed by atoms with Gasteiger partial charge < -0.3 is 15.1 Å². The number of aromatic carboxylic acids is 1. The van der Waals surface area contributed by atoms with Crippen LogP contribution in [0.5, 0.6) is 5.75 Å². The van der Waals surface area contributed by atoms with Crippen molar-refractivity contribution in [2.45, 2.75) is 18.9 Å². The number of carbonyl (C=O) groups is 2. The fourth-order valence-electron chi connectivity index (χ4n) is 4.70. The van der Waals surface area contributed by atoms with E-state index >= 15 is 0 Å². The Hall–Kier alpha value is -4.07. The molecule has 3 aromatic rings. The van der Waals surface area contributed by atoms with Gasteiger partial charge in [0, 0.05) is 13.2 Å². The number of carboxylic acid groups (broad SMARTS) is 1. The number of hydrogen-bond donors (Lipinski definition) is 2. The van der Waals surface area contributed by atoms with Crippen molar-refractivity contribution in [3.63, 3.8) is 0 Å². The van der Waals surface area contributed by atoms with E-state index in [-0.39, 0.29) is 18.4 Å². The minimum absolute atomic E-state index is 0.139. The average Bonchev–Trinajstić information content (AvgIpc) is 2.95. The van der Waals surface area contributed by atoms with E-state index in [9.17, 15) is 24.6 Å². The normalized spacial score (nSPS) is 15.6. The molecular weight excluding hydrogens is 410 g/mol. The van der Waals surface area contributed by atoms with E-state index in [0.29, 0.717) is 0 Å². The van der Waals surface area contributed by atoms with Gasteiger partial charge in [-0.3, -0.25) is 19.3 Å². The molecule has 8 nitrogen and oxygen atoms in total. The molecule has 0 spiro atoms. The maximum Gasteiger partial charge on any atom is 0.341 e. The molecule has 2 aromatic carbocycles. The average molecular weight is 431 g/mol. The second-order valence-electron chi connectivity index (χ2n) is 8.10. The number of aryl methyl sites for hydroxylation is 2. The van der Waals surface area contributed by atoms with Crippen LogP contribution in [0.2, 0.25) is 0 Å². The first-order chi connectivity index (χ1) is 15.4. The van der Waals surface area contributed by atoms with Crippen molar-refractivity contribution in [3.05, 3.63) is 98.5 Å². The first kappa shape index (κ1) is 19.9. The largest absolute Gasteiger partial charge is 0.502 e. The summed E-state index contributed by atoms with van der Waals surface area (Å²) in [6.45, 7) is 0.139. The maximum atomic E-state index is 12.9. The van der Waals surface area contributed by atoms with Crippen LogP contribution in [-0.2, 0) is 12.8 Å². The van der Waals surface area contributed by atoms with Crippen LogP contribution in [0, 0.1) is 0 Å². The molecule has 1 aliphatic heterocycles. The van der Waals surface area contributed by atoms with Gasteiger partial charge in [0.05, 0.1) is 6.04 Å². The van der Waals surface area contributed by atoms with Crippen LogP contribution in [0.3, 0.4) is 0 Å². The highest BCUT2D eigenvalue weighted by atomic mass is 16.4. The number of pyridine rings is 1. The fourth-order valence-corrected chi connectivity index (χ4v) is 4.70. The number of aromatic hydroxyl groups is 1. The smallest absolute Gasteiger partial charge is 0.341 e. The molecule has 1 amide bonds. The number of nitrogens with zero attached hydrogens (tertiary/aromatic N) is 3. The van der Waals surface area contributed by atoms with Crippen molar-refractivity contribution in [1.82, 2.24) is 9.58 Å². The summed E-state index contributed by atoms with van der Waals surface area (Å²) in [6, 6.07) is 15.7. The summed E-state index contributed by atoms with van der Waals surface area (Å²) in [5.41, 5.74) is 2.45. The zero-order valence-electron chi connectivity index (χ0n) is 17.4. The molecule has 32 heavy (non-hydrogen) atoms. The van der Waals surface area contributed by atoms with Crippen molar-refractivity contribution in [3.8, 4) is 5.75 Å². The van der Waals surface area contributed by atoms with Crippen LogP contribution in [-0.4, -0.2) is 45.4 Å². The van der Waals surface area contributed by atoms with Crippen molar-refractivity contribution in [2.75, 3.05) is 18.7 Å². The van der Waals surface area contributed by atoms with E-state index in [4.69, 9.17) is 0 Å². The number of amides is 1. The molecule has 0 bridgehead atoms. The summed E-state index contributed by atoms with van der Waals surface area (Å²) in [5.74, 6) is -2.88. The molecule has 0 atom stereocenters. The lowest BCUT2D eigenvalue weighted by Crippen LogP contribution is -2.54. The Morgan fingerprint density at radius 1 is 0.969 bits per heavy atom. The zero-order valence-corrected chi connectivity index (χ0v) is 17.4. The van der Waals surface area contributed by atoms with Gasteiger partial charge in [0.15, 0.2) is 11.4 Å². The van der Waals surface area contributed by atoms with Crippen molar-refractivity contribution >= 4 is 11.9 Å². The highest BCUT2D eigenvalue weighted by Gasteiger charge is 2.38. The van der Waals surface area contributed by atoms with Crippen molar-refractivity contribution in [1.29, 1.82) is 0 Å². The molecule has 2 heterocycles. The van der Waals surface area contributed by atoms with Crippen molar-refractivity contribution in [2.24, 2.45) is 0 Å². The van der Waals surface area contributed by atoms with E-state index in [1.807, 2.05) is 41.4 Å². The number of rotatable bonds is 2. The van der Waals surface area contributed by atoms with Crippen LogP contribution in [0.15, 0.2) is 59.5 Å². The monoisotopic (exact) mass is 431 g/mol. The third-order valence-electron chi connectivity index (χ3n) is 6.24. The summed E-state index contributed by atoms with van der Waals surface area (Å²) in [7, 11) is 1.59. The van der Waals surface area contributed by atoms with Crippen LogP contribution in [0.4, 0.5) is 0 Å². The van der Waals surface area contributed by atoms with E-state index in [2.05, 4.69) is 12.1 Å². The van der Waals surface area contributed by atoms with Gasteiger partial charge >= 0.3 is 5.97 Å². The van der Waals surface area contributed by atoms with Crippen LogP contribution >= 0.6 is 0 Å². The Balaban J connectivity index is 1.82. The zero-order chi connectivity index (χ0) is 22.6. The molecule has 0 saturated carbocycles. The molecule has 0 saturated heterocycles. The third-order valence-corrected chi connectivity index (χ3v) is 6.24. The van der Waals surface area contributed by atoms with Crippen LogP contribution in [0.25, 0.3) is 0 Å². The van der Waals surface area contributed by atoms with Gasteiger partial charge in [-0.15, -0.1) is 0 Å².